The third kappa shape index (κ3) is 4.61. The summed E-state index contributed by atoms with van der Waals surface area (Å²) in [7, 11) is 2.14. The zero-order chi connectivity index (χ0) is 18.7. The summed E-state index contributed by atoms with van der Waals surface area (Å²) in [5, 5.41) is 6.53. The fraction of sp³-hybridized carbons (Fsp3) is 0.316. The van der Waals surface area contributed by atoms with Gasteiger partial charge in [0.15, 0.2) is 0 Å². The first kappa shape index (κ1) is 18.8. The first-order chi connectivity index (χ1) is 12.4. The van der Waals surface area contributed by atoms with Gasteiger partial charge in [0.25, 0.3) is 0 Å². The minimum Gasteiger partial charge on any atom is -0.369 e. The van der Waals surface area contributed by atoms with Crippen molar-refractivity contribution in [3.8, 4) is 0 Å². The summed E-state index contributed by atoms with van der Waals surface area (Å²) in [4.78, 5) is 17.0. The second-order valence-corrected chi connectivity index (χ2v) is 7.34. The Labute approximate surface area is 163 Å². The molecule has 0 unspecified atom stereocenters. The van der Waals surface area contributed by atoms with Crippen LogP contribution in [0.1, 0.15) is 5.56 Å². The Kier molecular flexibility index (Phi) is 5.91. The number of urea groups is 1. The minimum atomic E-state index is -0.343. The molecule has 0 aliphatic carbocycles. The van der Waals surface area contributed by atoms with Crippen LogP contribution in [-0.2, 0) is 0 Å². The highest BCUT2D eigenvalue weighted by Crippen LogP contribution is 2.27. The SMILES string of the molecule is Cc1cc(N2CCN(C)CC2)ccc1NC(=O)Nc1ccc(Cl)cc1Cl. The smallest absolute Gasteiger partial charge is 0.323 e. The molecule has 138 valence electrons. The largest absolute Gasteiger partial charge is 0.369 e. The van der Waals surface area contributed by atoms with Gasteiger partial charge in [0.1, 0.15) is 0 Å². The van der Waals surface area contributed by atoms with Gasteiger partial charge in [-0.3, -0.25) is 0 Å². The number of nitrogens with one attached hydrogen (secondary N) is 2. The van der Waals surface area contributed by atoms with E-state index in [0.717, 1.165) is 37.4 Å². The van der Waals surface area contributed by atoms with Crippen LogP contribution in [-0.4, -0.2) is 44.2 Å². The van der Waals surface area contributed by atoms with Gasteiger partial charge in [-0.15, -0.1) is 0 Å². The lowest BCUT2D eigenvalue weighted by Gasteiger charge is -2.34. The molecule has 2 aromatic carbocycles. The number of carbonyl (C=O) groups is 1. The van der Waals surface area contributed by atoms with E-state index in [1.165, 1.54) is 5.69 Å². The van der Waals surface area contributed by atoms with Crippen molar-refractivity contribution in [1.82, 2.24) is 4.90 Å². The average Bonchev–Trinajstić information content (AvgIpc) is 2.60. The standard InChI is InChI=1S/C19H22Cl2N4O/c1-13-11-15(25-9-7-24(2)8-10-25)4-6-17(13)22-19(26)23-18-5-3-14(20)12-16(18)21/h3-6,11-12H,7-10H2,1-2H3,(H2,22,23,26). The van der Waals surface area contributed by atoms with Crippen LogP contribution in [0, 0.1) is 6.92 Å². The van der Waals surface area contributed by atoms with Crippen LogP contribution < -0.4 is 15.5 Å². The van der Waals surface area contributed by atoms with E-state index in [1.807, 2.05) is 19.1 Å². The van der Waals surface area contributed by atoms with E-state index in [9.17, 15) is 4.79 Å². The average molecular weight is 393 g/mol. The summed E-state index contributed by atoms with van der Waals surface area (Å²) in [6.45, 7) is 6.13. The van der Waals surface area contributed by atoms with Gasteiger partial charge in [0, 0.05) is 42.6 Å². The molecule has 1 aliphatic heterocycles. The Morgan fingerprint density at radius 2 is 1.62 bits per heavy atom. The molecule has 0 spiro atoms. The minimum absolute atomic E-state index is 0.343. The lowest BCUT2D eigenvalue weighted by molar-refractivity contribution is 0.262. The van der Waals surface area contributed by atoms with Gasteiger partial charge in [0.2, 0.25) is 0 Å². The highest BCUT2D eigenvalue weighted by molar-refractivity contribution is 6.36. The summed E-state index contributed by atoms with van der Waals surface area (Å²) >= 11 is 12.0. The van der Waals surface area contributed by atoms with Gasteiger partial charge in [-0.1, -0.05) is 23.2 Å². The van der Waals surface area contributed by atoms with Gasteiger partial charge >= 0.3 is 6.03 Å². The lowest BCUT2D eigenvalue weighted by Crippen LogP contribution is -2.44. The number of piperazine rings is 1. The molecule has 2 N–H and O–H groups in total. The summed E-state index contributed by atoms with van der Waals surface area (Å²) in [6, 6.07) is 10.7. The lowest BCUT2D eigenvalue weighted by atomic mass is 10.1. The number of amides is 2. The van der Waals surface area contributed by atoms with Crippen LogP contribution in [0.2, 0.25) is 10.0 Å². The molecule has 2 aromatic rings. The third-order valence-electron chi connectivity index (χ3n) is 4.51. The number of rotatable bonds is 3. The van der Waals surface area contributed by atoms with Crippen molar-refractivity contribution in [2.45, 2.75) is 6.92 Å². The van der Waals surface area contributed by atoms with Gasteiger partial charge < -0.3 is 20.4 Å². The Balaban J connectivity index is 1.65. The number of aryl methyl sites for hydroxylation is 1. The van der Waals surface area contributed by atoms with E-state index in [2.05, 4.69) is 33.5 Å². The van der Waals surface area contributed by atoms with E-state index in [-0.39, 0.29) is 6.03 Å². The van der Waals surface area contributed by atoms with Crippen molar-refractivity contribution in [3.63, 3.8) is 0 Å². The van der Waals surface area contributed by atoms with Crippen LogP contribution >= 0.6 is 23.2 Å². The Morgan fingerprint density at radius 1 is 0.962 bits per heavy atom. The zero-order valence-corrected chi connectivity index (χ0v) is 16.4. The van der Waals surface area contributed by atoms with Crippen molar-refractivity contribution in [3.05, 3.63) is 52.0 Å². The Bertz CT molecular complexity index is 804. The second-order valence-electron chi connectivity index (χ2n) is 6.49. The van der Waals surface area contributed by atoms with Crippen molar-refractivity contribution in [1.29, 1.82) is 0 Å². The van der Waals surface area contributed by atoms with Gasteiger partial charge in [-0.2, -0.15) is 0 Å². The fourth-order valence-corrected chi connectivity index (χ4v) is 3.37. The molecule has 26 heavy (non-hydrogen) atoms. The van der Waals surface area contributed by atoms with Crippen molar-refractivity contribution in [2.24, 2.45) is 0 Å². The van der Waals surface area contributed by atoms with Gasteiger partial charge in [-0.05, 0) is 55.9 Å². The number of anilines is 3. The number of nitrogens with zero attached hydrogens (tertiary/aromatic N) is 2. The Hall–Kier alpha value is -1.95. The summed E-state index contributed by atoms with van der Waals surface area (Å²) in [6.07, 6.45) is 0. The van der Waals surface area contributed by atoms with Crippen LogP contribution in [0.5, 0.6) is 0 Å². The number of likely N-dealkylation sites (N-methyl/N-ethyl adjacent to an activating group) is 1. The van der Waals surface area contributed by atoms with Crippen molar-refractivity contribution in [2.75, 3.05) is 48.8 Å². The second kappa shape index (κ2) is 8.16. The van der Waals surface area contributed by atoms with Crippen LogP contribution in [0.15, 0.2) is 36.4 Å². The summed E-state index contributed by atoms with van der Waals surface area (Å²) in [5.74, 6) is 0. The molecular formula is C19H22Cl2N4O. The highest BCUT2D eigenvalue weighted by atomic mass is 35.5. The maximum Gasteiger partial charge on any atom is 0.323 e. The molecule has 1 aliphatic rings. The van der Waals surface area contributed by atoms with Gasteiger partial charge in [-0.25, -0.2) is 4.79 Å². The quantitative estimate of drug-likeness (QED) is 0.795. The van der Waals surface area contributed by atoms with E-state index < -0.39 is 0 Å². The van der Waals surface area contributed by atoms with Crippen LogP contribution in [0.4, 0.5) is 21.9 Å². The van der Waals surface area contributed by atoms with Crippen molar-refractivity contribution >= 4 is 46.3 Å². The predicted octanol–water partition coefficient (Wildman–Crippen LogP) is 4.70. The maximum atomic E-state index is 12.3. The topological polar surface area (TPSA) is 47.6 Å². The number of hydrogen-bond donors (Lipinski definition) is 2. The molecule has 0 atom stereocenters. The number of hydrogen-bond acceptors (Lipinski definition) is 3. The van der Waals surface area contributed by atoms with E-state index in [1.54, 1.807) is 18.2 Å². The molecular weight excluding hydrogens is 371 g/mol. The molecule has 1 saturated heterocycles. The number of benzene rings is 2. The van der Waals surface area contributed by atoms with Crippen LogP contribution in [0.3, 0.4) is 0 Å². The molecule has 2 amide bonds. The first-order valence-electron chi connectivity index (χ1n) is 8.49. The Morgan fingerprint density at radius 3 is 2.27 bits per heavy atom. The molecule has 3 rings (SSSR count). The summed E-state index contributed by atoms with van der Waals surface area (Å²) in [5.41, 5.74) is 3.48. The predicted molar refractivity (Wildman–Crippen MR) is 110 cm³/mol. The molecule has 5 nitrogen and oxygen atoms in total. The molecule has 0 saturated carbocycles. The highest BCUT2D eigenvalue weighted by Gasteiger charge is 2.15. The fourth-order valence-electron chi connectivity index (χ4n) is 2.92. The number of carbonyl (C=O) groups excluding carboxylic acids is 1. The number of halogens is 2. The third-order valence-corrected chi connectivity index (χ3v) is 5.05. The van der Waals surface area contributed by atoms with E-state index >= 15 is 0 Å². The van der Waals surface area contributed by atoms with Crippen molar-refractivity contribution < 1.29 is 4.79 Å². The molecule has 1 fully saturated rings. The zero-order valence-electron chi connectivity index (χ0n) is 14.9. The van der Waals surface area contributed by atoms with Gasteiger partial charge in [0.05, 0.1) is 10.7 Å². The monoisotopic (exact) mass is 392 g/mol. The van der Waals surface area contributed by atoms with E-state index in [0.29, 0.717) is 15.7 Å². The normalized spacial score (nSPS) is 15.0. The van der Waals surface area contributed by atoms with Crippen LogP contribution in [0.25, 0.3) is 0 Å². The molecule has 7 heteroatoms. The van der Waals surface area contributed by atoms with E-state index in [4.69, 9.17) is 23.2 Å². The molecule has 0 radical (unpaired) electrons. The summed E-state index contributed by atoms with van der Waals surface area (Å²) < 4.78 is 0. The first-order valence-corrected chi connectivity index (χ1v) is 9.25. The molecule has 1 heterocycles. The molecule has 0 aromatic heterocycles. The molecule has 0 bridgehead atoms. The maximum absolute atomic E-state index is 12.3.